The van der Waals surface area contributed by atoms with E-state index in [2.05, 4.69) is 88.3 Å². The number of hydrogen-bond acceptors (Lipinski definition) is 10. The molecule has 564 valence electrons. The molecule has 16 heteroatoms. The molecule has 5 aromatic heterocycles. The van der Waals surface area contributed by atoms with E-state index in [1.54, 1.807) is 116 Å². The van der Waals surface area contributed by atoms with Crippen LogP contribution in [0.4, 0.5) is 17.6 Å². The first-order valence-electron chi connectivity index (χ1n) is 34.5. The smallest absolute Gasteiger partial charge is 0.142 e. The van der Waals surface area contributed by atoms with Gasteiger partial charge in [0.15, 0.2) is 0 Å². The second-order valence-electron chi connectivity index (χ2n) is 24.1. The molecule has 0 bridgehead atoms. The van der Waals surface area contributed by atoms with E-state index in [9.17, 15) is 17.6 Å². The first-order valence-corrected chi connectivity index (χ1v) is 37.0. The molecule has 0 amide bonds. The van der Waals surface area contributed by atoms with Gasteiger partial charge in [0, 0.05) is 70.9 Å². The zero-order chi connectivity index (χ0) is 79.4. The second-order valence-corrected chi connectivity index (χ2v) is 27.1. The van der Waals surface area contributed by atoms with Crippen LogP contribution in [0.1, 0.15) is 102 Å². The van der Waals surface area contributed by atoms with Gasteiger partial charge in [-0.1, -0.05) is 179 Å². The van der Waals surface area contributed by atoms with E-state index in [-0.39, 0.29) is 28.3 Å². The van der Waals surface area contributed by atoms with Crippen molar-refractivity contribution in [3.8, 4) is 11.8 Å². The van der Waals surface area contributed by atoms with Crippen molar-refractivity contribution in [1.29, 1.82) is 5.26 Å². The van der Waals surface area contributed by atoms with Gasteiger partial charge in [-0.2, -0.15) is 5.26 Å². The summed E-state index contributed by atoms with van der Waals surface area (Å²) in [7, 11) is 1.67. The highest BCUT2D eigenvalue weighted by Gasteiger charge is 2.06. The van der Waals surface area contributed by atoms with E-state index in [1.165, 1.54) is 86.8 Å². The van der Waals surface area contributed by atoms with Gasteiger partial charge < -0.3 is 9.47 Å². The Bertz CT molecular complexity index is 3960. The Balaban J connectivity index is 0.000000577. The van der Waals surface area contributed by atoms with Crippen molar-refractivity contribution in [2.45, 2.75) is 117 Å². The normalized spacial score (nSPS) is 10.1. The Morgan fingerprint density at radius 1 is 0.430 bits per heavy atom. The summed E-state index contributed by atoms with van der Waals surface area (Å²) in [5, 5.41) is 11.4. The van der Waals surface area contributed by atoms with E-state index in [0.717, 1.165) is 69.2 Å². The SMILES string of the molecule is CC1CCOCC1.COc1ccc(C)cc1.Cc1ccc(C#N)cc1.Cc1ccc(Cl)c(F)c1.Cc1ccc(Cl)cc1.Cc1ccc(F)cc1.Cc1ccc(F)cc1C.Cc1ccccc1.Cc1ccccc1F.Cc1ccccn1.Cc1cccs1.Cc1ccncc1.Cc1cncs1.Cc1ncccn1. The Morgan fingerprint density at radius 2 is 0.935 bits per heavy atom. The van der Waals surface area contributed by atoms with Crippen LogP contribution in [-0.4, -0.2) is 45.2 Å². The van der Waals surface area contributed by atoms with Crippen molar-refractivity contribution < 1.29 is 27.0 Å². The fourth-order valence-electron chi connectivity index (χ4n) is 7.46. The predicted molar refractivity (Wildman–Crippen MR) is 445 cm³/mol. The molecule has 8 nitrogen and oxygen atoms in total. The van der Waals surface area contributed by atoms with E-state index >= 15 is 0 Å². The molecule has 0 aliphatic carbocycles. The highest BCUT2D eigenvalue weighted by Crippen LogP contribution is 2.16. The van der Waals surface area contributed by atoms with Gasteiger partial charge in [0.2, 0.25) is 0 Å². The van der Waals surface area contributed by atoms with Crippen LogP contribution in [0.3, 0.4) is 0 Å². The maximum Gasteiger partial charge on any atom is 0.142 e. The number of hydrogen-bond donors (Lipinski definition) is 0. The lowest BCUT2D eigenvalue weighted by molar-refractivity contribution is 0.0716. The van der Waals surface area contributed by atoms with Gasteiger partial charge in [-0.3, -0.25) is 15.0 Å². The highest BCUT2D eigenvalue weighted by atomic mass is 35.5. The standard InChI is InChI=1S/C8H9F.C8H7N.C8H10O.C7H6ClF.C7H7Cl.2C7H7F.C7H8.2C6H7N.C6H12O.C5H6N2.C5H6S.C4H5NS/c1-6-3-4-8(9)5-7(6)2;1-7-2-4-8(6-9)5-3-7;1-7-3-5-8(9-2)6-4-7;1-5-2-3-6(8)7(9)4-5;2*1-6-2-4-7(8)5-3-6;1-6-4-2-3-5-7(6)8;1-7-5-3-2-4-6-7;1-6-2-4-7-5-3-6;1-6-4-2-3-5-7-6;1-6-2-4-7-5-3-6;1-5-6-3-2-4-7-5;1-5-3-2-4-6-5;1-4-2-5-3-6-4/h3-5H,1-2H3;2-5H,1H3;3-6H,1-2H3;2-4H,1H3;3*2-5H,1H3;2-6H,1H3;2*2-5H,1H3;6H,2-5H2,1H3;2-4H,1H3;2-4H,1H3;2-3H,1H3. The lowest BCUT2D eigenvalue weighted by atomic mass is 10.0. The maximum absolute atomic E-state index is 12.4. The van der Waals surface area contributed by atoms with Crippen LogP contribution in [0.25, 0.3) is 0 Å². The van der Waals surface area contributed by atoms with Crippen LogP contribution < -0.4 is 4.74 Å². The number of halogens is 6. The third-order valence-corrected chi connectivity index (χ3v) is 16.2. The van der Waals surface area contributed by atoms with Crippen LogP contribution in [0.2, 0.25) is 10.0 Å². The Labute approximate surface area is 653 Å². The molecule has 0 saturated carbocycles. The molecule has 14 rings (SSSR count). The van der Waals surface area contributed by atoms with Crippen molar-refractivity contribution in [2.24, 2.45) is 5.92 Å². The van der Waals surface area contributed by atoms with E-state index < -0.39 is 0 Å². The van der Waals surface area contributed by atoms with Crippen LogP contribution in [0, 0.1) is 137 Å². The molecule has 1 saturated heterocycles. The number of pyridine rings is 2. The fourth-order valence-corrected chi connectivity index (χ4v) is 8.65. The van der Waals surface area contributed by atoms with Crippen molar-refractivity contribution in [1.82, 2.24) is 24.9 Å². The molecule has 1 fully saturated rings. The fraction of sp³-hybridized carbons (Fsp3) is 0.231. The third-order valence-electron chi connectivity index (χ3n) is 14.1. The summed E-state index contributed by atoms with van der Waals surface area (Å²) >= 11 is 14.5. The Kier molecular flexibility index (Phi) is 53.5. The van der Waals surface area contributed by atoms with Gasteiger partial charge in [-0.15, -0.1) is 22.7 Å². The minimum absolute atomic E-state index is 0.132. The number of aromatic nitrogens is 5. The van der Waals surface area contributed by atoms with Gasteiger partial charge in [0.1, 0.15) is 34.8 Å². The summed E-state index contributed by atoms with van der Waals surface area (Å²) in [5.41, 5.74) is 14.7. The number of ether oxygens (including phenoxy) is 2. The molecule has 107 heavy (non-hydrogen) atoms. The lowest BCUT2D eigenvalue weighted by Crippen LogP contribution is -2.12. The number of rotatable bonds is 1. The van der Waals surface area contributed by atoms with E-state index in [4.69, 9.17) is 37.9 Å². The van der Waals surface area contributed by atoms with Gasteiger partial charge in [-0.05, 0) is 264 Å². The monoisotopic (exact) mass is 1520 g/mol. The molecule has 13 aromatic rings. The minimum atomic E-state index is -0.350. The van der Waals surface area contributed by atoms with Crippen molar-refractivity contribution in [3.63, 3.8) is 0 Å². The van der Waals surface area contributed by atoms with Crippen LogP contribution >= 0.6 is 45.9 Å². The maximum atomic E-state index is 12.4. The van der Waals surface area contributed by atoms with Crippen LogP contribution in [-0.2, 0) is 4.74 Å². The van der Waals surface area contributed by atoms with Crippen molar-refractivity contribution in [3.05, 3.63) is 400 Å². The van der Waals surface area contributed by atoms with Gasteiger partial charge in [-0.25, -0.2) is 27.5 Å². The Morgan fingerprint density at radius 3 is 1.25 bits per heavy atom. The first kappa shape index (κ1) is 95.0. The van der Waals surface area contributed by atoms with Gasteiger partial charge in [0.05, 0.1) is 29.3 Å². The summed E-state index contributed by atoms with van der Waals surface area (Å²) in [6, 6.07) is 73.9. The molecular formula is C91H104Cl2F4N6O2S2. The van der Waals surface area contributed by atoms with Crippen LogP contribution in [0.15, 0.2) is 285 Å². The first-order chi connectivity index (χ1) is 51.2. The summed E-state index contributed by atoms with van der Waals surface area (Å²) < 4.78 is 59.3. The number of methoxy groups -OCH3 is 1. The average Bonchev–Trinajstić information content (AvgIpc) is 1.80. The minimum Gasteiger partial charge on any atom is -0.497 e. The number of thiazole rings is 1. The molecule has 6 heterocycles. The second kappa shape index (κ2) is 60.2. The summed E-state index contributed by atoms with van der Waals surface area (Å²) in [5.74, 6) is 1.84. The zero-order valence-electron chi connectivity index (χ0n) is 64.6. The number of aryl methyl sites for hydroxylation is 14. The quantitative estimate of drug-likeness (QED) is 0.150. The molecule has 8 aromatic carbocycles. The number of nitriles is 1. The van der Waals surface area contributed by atoms with Gasteiger partial charge in [0.25, 0.3) is 0 Å². The third kappa shape index (κ3) is 54.3. The van der Waals surface area contributed by atoms with E-state index in [1.807, 2.05) is 208 Å². The van der Waals surface area contributed by atoms with Crippen molar-refractivity contribution >= 4 is 45.9 Å². The Hall–Kier alpha value is -9.98. The average molecular weight is 1520 g/mol. The molecule has 0 spiro atoms. The van der Waals surface area contributed by atoms with Crippen LogP contribution in [0.5, 0.6) is 5.75 Å². The molecular weight excluding hydrogens is 1420 g/mol. The van der Waals surface area contributed by atoms with Gasteiger partial charge >= 0.3 is 0 Å². The number of nitrogens with zero attached hydrogens (tertiary/aromatic N) is 6. The molecule has 0 N–H and O–H groups in total. The summed E-state index contributed by atoms with van der Waals surface area (Å²) in [6.45, 7) is 31.8. The number of benzene rings is 8. The lowest BCUT2D eigenvalue weighted by Gasteiger charge is -2.16. The molecule has 0 radical (unpaired) electrons. The van der Waals surface area contributed by atoms with Crippen molar-refractivity contribution in [2.75, 3.05) is 20.3 Å². The molecule has 1 aliphatic heterocycles. The topological polar surface area (TPSA) is 107 Å². The highest BCUT2D eigenvalue weighted by molar-refractivity contribution is 7.10. The molecule has 1 aliphatic rings. The largest absolute Gasteiger partial charge is 0.497 e. The summed E-state index contributed by atoms with van der Waals surface area (Å²) in [6.07, 6.45) is 13.2. The molecule has 0 unspecified atom stereocenters. The molecule has 0 atom stereocenters. The number of thiophene rings is 1. The zero-order valence-corrected chi connectivity index (χ0v) is 67.8. The van der Waals surface area contributed by atoms with E-state index in [0.29, 0.717) is 5.56 Å². The predicted octanol–water partition coefficient (Wildman–Crippen LogP) is 26.5. The summed E-state index contributed by atoms with van der Waals surface area (Å²) in [4.78, 5) is 22.1.